The van der Waals surface area contributed by atoms with Crippen LogP contribution in [0.2, 0.25) is 0 Å². The van der Waals surface area contributed by atoms with Crippen LogP contribution in [0, 0.1) is 16.0 Å². The second-order valence-electron chi connectivity index (χ2n) is 4.54. The van der Waals surface area contributed by atoms with Gasteiger partial charge in [-0.1, -0.05) is 19.1 Å². The maximum Gasteiger partial charge on any atom is 0.292 e. The third-order valence-corrected chi connectivity index (χ3v) is 2.90. The zero-order valence-electron chi connectivity index (χ0n) is 11.0. The number of nitro benzene ring substituents is 1. The van der Waals surface area contributed by atoms with E-state index in [-0.39, 0.29) is 17.3 Å². The fourth-order valence-corrected chi connectivity index (χ4v) is 1.76. The minimum atomic E-state index is -0.507. The van der Waals surface area contributed by atoms with Crippen molar-refractivity contribution in [3.63, 3.8) is 0 Å². The van der Waals surface area contributed by atoms with Crippen molar-refractivity contribution < 1.29 is 9.72 Å². The Morgan fingerprint density at radius 1 is 1.42 bits per heavy atom. The Balaban J connectivity index is 2.55. The SMILES string of the molecule is CC(CCN)CCC(=O)Nc1ccccc1[N+](=O)[O-]. The fourth-order valence-electron chi connectivity index (χ4n) is 1.76. The average Bonchev–Trinajstić information content (AvgIpc) is 2.37. The molecule has 0 bridgehead atoms. The highest BCUT2D eigenvalue weighted by Crippen LogP contribution is 2.23. The van der Waals surface area contributed by atoms with Gasteiger partial charge in [-0.25, -0.2) is 0 Å². The summed E-state index contributed by atoms with van der Waals surface area (Å²) in [7, 11) is 0. The van der Waals surface area contributed by atoms with E-state index < -0.39 is 4.92 Å². The lowest BCUT2D eigenvalue weighted by molar-refractivity contribution is -0.383. The molecule has 1 aromatic carbocycles. The van der Waals surface area contributed by atoms with Crippen LogP contribution in [0.5, 0.6) is 0 Å². The van der Waals surface area contributed by atoms with E-state index in [1.165, 1.54) is 12.1 Å². The maximum atomic E-state index is 11.7. The molecule has 1 unspecified atom stereocenters. The van der Waals surface area contributed by atoms with E-state index in [9.17, 15) is 14.9 Å². The third-order valence-electron chi connectivity index (χ3n) is 2.90. The van der Waals surface area contributed by atoms with Crippen LogP contribution in [0.3, 0.4) is 0 Å². The van der Waals surface area contributed by atoms with E-state index in [1.807, 2.05) is 6.92 Å². The number of nitrogens with zero attached hydrogens (tertiary/aromatic N) is 1. The first-order valence-electron chi connectivity index (χ1n) is 6.28. The number of hydrogen-bond donors (Lipinski definition) is 2. The maximum absolute atomic E-state index is 11.7. The highest BCUT2D eigenvalue weighted by molar-refractivity contribution is 5.92. The number of carbonyl (C=O) groups excluding carboxylic acids is 1. The number of rotatable bonds is 7. The molecule has 0 aliphatic carbocycles. The quantitative estimate of drug-likeness (QED) is 0.583. The molecule has 0 radical (unpaired) electrons. The van der Waals surface area contributed by atoms with Gasteiger partial charge in [-0.05, 0) is 31.4 Å². The molecule has 1 amide bonds. The van der Waals surface area contributed by atoms with Crippen molar-refractivity contribution in [1.29, 1.82) is 0 Å². The van der Waals surface area contributed by atoms with E-state index in [1.54, 1.807) is 12.1 Å². The number of nitrogens with two attached hydrogens (primary N) is 1. The Morgan fingerprint density at radius 2 is 2.11 bits per heavy atom. The van der Waals surface area contributed by atoms with E-state index in [0.717, 1.165) is 12.8 Å². The van der Waals surface area contributed by atoms with Gasteiger partial charge in [0, 0.05) is 12.5 Å². The van der Waals surface area contributed by atoms with E-state index >= 15 is 0 Å². The van der Waals surface area contributed by atoms with Crippen LogP contribution in [0.25, 0.3) is 0 Å². The van der Waals surface area contributed by atoms with Crippen molar-refractivity contribution in [1.82, 2.24) is 0 Å². The van der Waals surface area contributed by atoms with Crippen molar-refractivity contribution >= 4 is 17.3 Å². The second-order valence-corrected chi connectivity index (χ2v) is 4.54. The Labute approximate surface area is 112 Å². The van der Waals surface area contributed by atoms with Gasteiger partial charge in [0.15, 0.2) is 0 Å². The molecule has 0 saturated heterocycles. The van der Waals surface area contributed by atoms with E-state index in [0.29, 0.717) is 18.9 Å². The fraction of sp³-hybridized carbons (Fsp3) is 0.462. The molecule has 6 nitrogen and oxygen atoms in total. The van der Waals surface area contributed by atoms with Gasteiger partial charge in [0.1, 0.15) is 5.69 Å². The lowest BCUT2D eigenvalue weighted by Gasteiger charge is -2.10. The lowest BCUT2D eigenvalue weighted by Crippen LogP contribution is -2.14. The number of amides is 1. The highest BCUT2D eigenvalue weighted by atomic mass is 16.6. The normalized spacial score (nSPS) is 11.9. The molecule has 6 heteroatoms. The van der Waals surface area contributed by atoms with Crippen LogP contribution < -0.4 is 11.1 Å². The van der Waals surface area contributed by atoms with Crippen LogP contribution >= 0.6 is 0 Å². The smallest absolute Gasteiger partial charge is 0.292 e. The van der Waals surface area contributed by atoms with E-state index in [4.69, 9.17) is 5.73 Å². The number of carbonyl (C=O) groups is 1. The first-order chi connectivity index (χ1) is 9.04. The van der Waals surface area contributed by atoms with Gasteiger partial charge in [-0.3, -0.25) is 14.9 Å². The third kappa shape index (κ3) is 5.05. The molecule has 1 atom stereocenters. The summed E-state index contributed by atoms with van der Waals surface area (Å²) in [6, 6.07) is 6.11. The Kier molecular flexibility index (Phi) is 5.95. The zero-order valence-corrected chi connectivity index (χ0v) is 11.0. The summed E-state index contributed by atoms with van der Waals surface area (Å²) in [6.45, 7) is 2.64. The van der Waals surface area contributed by atoms with Crippen molar-refractivity contribution in [2.45, 2.75) is 26.2 Å². The molecule has 0 spiro atoms. The van der Waals surface area contributed by atoms with Crippen LogP contribution in [0.15, 0.2) is 24.3 Å². The monoisotopic (exact) mass is 265 g/mol. The molecule has 3 N–H and O–H groups in total. The molecule has 0 aliphatic rings. The predicted octanol–water partition coefficient (Wildman–Crippen LogP) is 2.30. The molecule has 0 saturated carbocycles. The minimum absolute atomic E-state index is 0.0918. The predicted molar refractivity (Wildman–Crippen MR) is 73.8 cm³/mol. The van der Waals surface area contributed by atoms with Gasteiger partial charge in [0.05, 0.1) is 4.92 Å². The summed E-state index contributed by atoms with van der Waals surface area (Å²) < 4.78 is 0. The molecule has 1 aromatic rings. The number of hydrogen-bond acceptors (Lipinski definition) is 4. The molecular weight excluding hydrogens is 246 g/mol. The number of para-hydroxylation sites is 2. The topological polar surface area (TPSA) is 98.3 Å². The van der Waals surface area contributed by atoms with Gasteiger partial charge < -0.3 is 11.1 Å². The minimum Gasteiger partial charge on any atom is -0.330 e. The molecular formula is C13H19N3O3. The molecule has 104 valence electrons. The largest absolute Gasteiger partial charge is 0.330 e. The zero-order chi connectivity index (χ0) is 14.3. The summed E-state index contributed by atoms with van der Waals surface area (Å²) in [5, 5.41) is 13.4. The summed E-state index contributed by atoms with van der Waals surface area (Å²) >= 11 is 0. The Hall–Kier alpha value is -1.95. The summed E-state index contributed by atoms with van der Waals surface area (Å²) in [5.41, 5.74) is 5.59. The van der Waals surface area contributed by atoms with Gasteiger partial charge in [-0.15, -0.1) is 0 Å². The van der Waals surface area contributed by atoms with Crippen LogP contribution in [0.4, 0.5) is 11.4 Å². The Morgan fingerprint density at radius 3 is 2.74 bits per heavy atom. The molecule has 0 aliphatic heterocycles. The van der Waals surface area contributed by atoms with Crippen molar-refractivity contribution in [2.24, 2.45) is 11.7 Å². The Bertz CT molecular complexity index is 449. The van der Waals surface area contributed by atoms with Gasteiger partial charge >= 0.3 is 0 Å². The number of benzene rings is 1. The van der Waals surface area contributed by atoms with Crippen LogP contribution in [-0.4, -0.2) is 17.4 Å². The second kappa shape index (κ2) is 7.48. The highest BCUT2D eigenvalue weighted by Gasteiger charge is 2.14. The van der Waals surface area contributed by atoms with Gasteiger partial charge in [0.25, 0.3) is 5.69 Å². The van der Waals surface area contributed by atoms with Gasteiger partial charge in [0.2, 0.25) is 5.91 Å². The van der Waals surface area contributed by atoms with Crippen molar-refractivity contribution in [2.75, 3.05) is 11.9 Å². The molecule has 0 aromatic heterocycles. The molecule has 0 heterocycles. The molecule has 1 rings (SSSR count). The molecule has 19 heavy (non-hydrogen) atoms. The first-order valence-corrected chi connectivity index (χ1v) is 6.28. The number of nitro groups is 1. The molecule has 0 fully saturated rings. The van der Waals surface area contributed by atoms with Gasteiger partial charge in [-0.2, -0.15) is 0 Å². The summed E-state index contributed by atoms with van der Waals surface area (Å²) in [6.07, 6.45) is 1.94. The number of anilines is 1. The number of nitrogens with one attached hydrogen (secondary N) is 1. The average molecular weight is 265 g/mol. The summed E-state index contributed by atoms with van der Waals surface area (Å²) in [4.78, 5) is 22.0. The van der Waals surface area contributed by atoms with Crippen molar-refractivity contribution in [3.05, 3.63) is 34.4 Å². The van der Waals surface area contributed by atoms with Crippen LogP contribution in [-0.2, 0) is 4.79 Å². The first kappa shape index (κ1) is 15.1. The lowest BCUT2D eigenvalue weighted by atomic mass is 10.0. The standard InChI is InChI=1S/C13H19N3O3/c1-10(8-9-14)6-7-13(17)15-11-4-2-3-5-12(11)16(18)19/h2-5,10H,6-9,14H2,1H3,(H,15,17). The summed E-state index contributed by atoms with van der Waals surface area (Å²) in [5.74, 6) is 0.166. The van der Waals surface area contributed by atoms with E-state index in [2.05, 4.69) is 5.32 Å². The van der Waals surface area contributed by atoms with Crippen molar-refractivity contribution in [3.8, 4) is 0 Å². The van der Waals surface area contributed by atoms with Crippen LogP contribution in [0.1, 0.15) is 26.2 Å².